The summed E-state index contributed by atoms with van der Waals surface area (Å²) in [6.07, 6.45) is 1.53. The summed E-state index contributed by atoms with van der Waals surface area (Å²) in [4.78, 5) is 0. The molecule has 1 unspecified atom stereocenters. The fraction of sp³-hybridized carbons (Fsp3) is 0. The molecule has 0 fully saturated rings. The van der Waals surface area contributed by atoms with E-state index in [9.17, 15) is 8.76 Å². The van der Waals surface area contributed by atoms with Crippen LogP contribution in [0.5, 0.6) is 0 Å². The second-order valence-corrected chi connectivity index (χ2v) is 3.73. The fourth-order valence-electron chi connectivity index (χ4n) is 0.739. The van der Waals surface area contributed by atoms with E-state index < -0.39 is 11.1 Å². The average molecular weight is 269 g/mol. The molecule has 0 aliphatic heterocycles. The minimum atomic E-state index is -2.13. The first kappa shape index (κ1) is 13.5. The van der Waals surface area contributed by atoms with Gasteiger partial charge in [-0.2, -0.15) is 0 Å². The Labute approximate surface area is 110 Å². The van der Waals surface area contributed by atoms with E-state index in [0.717, 1.165) is 15.4 Å². The van der Waals surface area contributed by atoms with Crippen LogP contribution in [0.25, 0.3) is 6.08 Å². The van der Waals surface area contributed by atoms with Crippen molar-refractivity contribution in [2.45, 2.75) is 0 Å². The summed E-state index contributed by atoms with van der Waals surface area (Å²) in [7, 11) is 0. The van der Waals surface area contributed by atoms with Crippen LogP contribution in [0.15, 0.2) is 34.1 Å². The number of rotatable bonds is 2. The van der Waals surface area contributed by atoms with Crippen LogP contribution in [0.1, 0.15) is 5.56 Å². The van der Waals surface area contributed by atoms with Crippen molar-refractivity contribution in [2.24, 2.45) is 0 Å². The van der Waals surface area contributed by atoms with Crippen molar-refractivity contribution in [1.29, 1.82) is 0 Å². The van der Waals surface area contributed by atoms with Crippen molar-refractivity contribution in [1.82, 2.24) is 0 Å². The second kappa shape index (κ2) is 6.92. The molecule has 0 heterocycles. The van der Waals surface area contributed by atoms with Crippen molar-refractivity contribution >= 4 is 33.1 Å². The molecule has 0 amide bonds. The number of hydrogen-bond acceptors (Lipinski definition) is 2. The van der Waals surface area contributed by atoms with Gasteiger partial charge in [0.2, 0.25) is 0 Å². The summed E-state index contributed by atoms with van der Waals surface area (Å²) in [5.74, 6) is 0. The molecule has 0 saturated carbocycles. The molecule has 0 saturated heterocycles. The zero-order valence-corrected chi connectivity index (χ0v) is 11.5. The zero-order chi connectivity index (χ0) is 8.97. The van der Waals surface area contributed by atoms with E-state index in [2.05, 4.69) is 15.9 Å². The molecule has 1 atom stereocenters. The van der Waals surface area contributed by atoms with Gasteiger partial charge in [0.15, 0.2) is 0 Å². The molecule has 2 nitrogen and oxygen atoms in total. The average Bonchev–Trinajstić information content (AvgIpc) is 2.03. The molecule has 0 bridgehead atoms. The van der Waals surface area contributed by atoms with Crippen LogP contribution in [0, 0.1) is 0 Å². The maximum absolute atomic E-state index is 10.2. The van der Waals surface area contributed by atoms with Gasteiger partial charge in [-0.25, -0.2) is 0 Å². The van der Waals surface area contributed by atoms with Crippen LogP contribution in [0.3, 0.4) is 0 Å². The Hall–Kier alpha value is 0.550. The van der Waals surface area contributed by atoms with Gasteiger partial charge in [-0.15, -0.1) is 0 Å². The molecule has 64 valence electrons. The van der Waals surface area contributed by atoms with Crippen LogP contribution in [-0.4, -0.2) is 8.76 Å². The van der Waals surface area contributed by atoms with Gasteiger partial charge in [0.25, 0.3) is 0 Å². The molecule has 0 radical (unpaired) electrons. The minimum absolute atomic E-state index is 0. The van der Waals surface area contributed by atoms with Gasteiger partial charge < -0.3 is 4.55 Å². The van der Waals surface area contributed by atoms with Gasteiger partial charge in [0.1, 0.15) is 0 Å². The van der Waals surface area contributed by atoms with Crippen molar-refractivity contribution < 1.29 is 38.3 Å². The predicted molar refractivity (Wildman–Crippen MR) is 52.1 cm³/mol. The summed E-state index contributed by atoms with van der Waals surface area (Å²) >= 11 is 1.17. The third kappa shape index (κ3) is 5.10. The van der Waals surface area contributed by atoms with Crippen molar-refractivity contribution in [3.8, 4) is 0 Å². The van der Waals surface area contributed by atoms with Crippen molar-refractivity contribution in [2.75, 3.05) is 0 Å². The van der Waals surface area contributed by atoms with Gasteiger partial charge in [-0.1, -0.05) is 34.1 Å². The second-order valence-electron chi connectivity index (χ2n) is 2.08. The molecule has 1 aromatic rings. The minimum Gasteiger partial charge on any atom is -0.769 e. The monoisotopic (exact) mass is 268 g/mol. The molecule has 0 spiro atoms. The SMILES string of the molecule is O=S([O-])/C=C/c1ccccc1Br.[Na+]. The molecule has 0 N–H and O–H groups in total. The third-order valence-electron chi connectivity index (χ3n) is 1.26. The molecular weight excluding hydrogens is 263 g/mol. The van der Waals surface area contributed by atoms with Crippen molar-refractivity contribution in [3.63, 3.8) is 0 Å². The van der Waals surface area contributed by atoms with Crippen LogP contribution in [-0.2, 0) is 11.1 Å². The number of hydrogen-bond donors (Lipinski definition) is 0. The van der Waals surface area contributed by atoms with Crippen LogP contribution < -0.4 is 29.6 Å². The zero-order valence-electron chi connectivity index (χ0n) is 7.07. The Morgan fingerprint density at radius 2 is 2.00 bits per heavy atom. The van der Waals surface area contributed by atoms with Crippen LogP contribution >= 0.6 is 15.9 Å². The molecule has 5 heteroatoms. The summed E-state index contributed by atoms with van der Waals surface area (Å²) < 4.78 is 21.2. The van der Waals surface area contributed by atoms with E-state index in [1.54, 1.807) is 0 Å². The molecular formula is C8H6BrNaO2S. The first-order chi connectivity index (χ1) is 5.70. The summed E-state index contributed by atoms with van der Waals surface area (Å²) in [6, 6.07) is 7.40. The Morgan fingerprint density at radius 3 is 2.54 bits per heavy atom. The topological polar surface area (TPSA) is 40.1 Å². The molecule has 0 aliphatic rings. The maximum atomic E-state index is 10.2. The summed E-state index contributed by atoms with van der Waals surface area (Å²) in [6.45, 7) is 0. The largest absolute Gasteiger partial charge is 1.00 e. The van der Waals surface area contributed by atoms with E-state index >= 15 is 0 Å². The number of halogens is 1. The van der Waals surface area contributed by atoms with Gasteiger partial charge in [0.05, 0.1) is 0 Å². The van der Waals surface area contributed by atoms with Gasteiger partial charge in [-0.05, 0) is 34.2 Å². The maximum Gasteiger partial charge on any atom is 1.00 e. The Balaban J connectivity index is 0.00000144. The standard InChI is InChI=1S/C8H7BrO2S.Na/c9-8-4-2-1-3-7(8)5-6-12(10)11;/h1-6H,(H,10,11);/q;+1/p-1/b6-5+;. The third-order valence-corrected chi connectivity index (χ3v) is 2.34. The van der Waals surface area contributed by atoms with E-state index in [1.165, 1.54) is 6.08 Å². The van der Waals surface area contributed by atoms with Crippen LogP contribution in [0.2, 0.25) is 0 Å². The Bertz CT molecular complexity index is 328. The Kier molecular flexibility index (Phi) is 7.22. The van der Waals surface area contributed by atoms with E-state index in [-0.39, 0.29) is 29.6 Å². The molecule has 0 aliphatic carbocycles. The normalized spacial score (nSPS) is 12.5. The van der Waals surface area contributed by atoms with Crippen molar-refractivity contribution in [3.05, 3.63) is 39.7 Å². The van der Waals surface area contributed by atoms with Crippen LogP contribution in [0.4, 0.5) is 0 Å². The summed E-state index contributed by atoms with van der Waals surface area (Å²) in [5.41, 5.74) is 0.849. The predicted octanol–water partition coefficient (Wildman–Crippen LogP) is -0.697. The summed E-state index contributed by atoms with van der Waals surface area (Å²) in [5, 5.41) is 1.11. The molecule has 1 aromatic carbocycles. The van der Waals surface area contributed by atoms with Gasteiger partial charge in [0, 0.05) is 4.47 Å². The Morgan fingerprint density at radius 1 is 1.38 bits per heavy atom. The van der Waals surface area contributed by atoms with E-state index in [1.807, 2.05) is 24.3 Å². The molecule has 13 heavy (non-hydrogen) atoms. The number of benzene rings is 1. The van der Waals surface area contributed by atoms with E-state index in [4.69, 9.17) is 0 Å². The first-order valence-corrected chi connectivity index (χ1v) is 5.14. The molecule has 1 rings (SSSR count). The first-order valence-electron chi connectivity index (χ1n) is 3.21. The van der Waals surface area contributed by atoms with Gasteiger partial charge in [-0.3, -0.25) is 4.21 Å². The molecule has 0 aromatic heterocycles. The van der Waals surface area contributed by atoms with E-state index in [0.29, 0.717) is 0 Å². The van der Waals surface area contributed by atoms with Gasteiger partial charge >= 0.3 is 29.6 Å². The quantitative estimate of drug-likeness (QED) is 0.526. The smallest absolute Gasteiger partial charge is 0.769 e. The fourth-order valence-corrected chi connectivity index (χ4v) is 1.41.